The van der Waals surface area contributed by atoms with E-state index in [9.17, 15) is 18.0 Å². The van der Waals surface area contributed by atoms with Crippen molar-refractivity contribution in [2.45, 2.75) is 44.7 Å². The zero-order valence-electron chi connectivity index (χ0n) is 22.0. The van der Waals surface area contributed by atoms with Gasteiger partial charge in [-0.25, -0.2) is 8.42 Å². The SMILES string of the molecule is CCC(C(=O)NC)N(Cc1c(Cl)cccc1Cl)C(=O)CN(c1ccc(C)c(C)c1)S(=O)(=O)c1ccc(Cl)cc1. The Balaban J connectivity index is 2.12. The Morgan fingerprint density at radius 3 is 2.08 bits per heavy atom. The van der Waals surface area contributed by atoms with E-state index < -0.39 is 34.4 Å². The molecule has 0 aliphatic rings. The number of sulfonamides is 1. The number of rotatable bonds is 10. The normalized spacial score (nSPS) is 12.1. The van der Waals surface area contributed by atoms with Crippen molar-refractivity contribution in [1.29, 1.82) is 0 Å². The summed E-state index contributed by atoms with van der Waals surface area (Å²) in [6.07, 6.45) is 0.279. The van der Waals surface area contributed by atoms with Gasteiger partial charge in [-0.15, -0.1) is 0 Å². The topological polar surface area (TPSA) is 86.8 Å². The van der Waals surface area contributed by atoms with E-state index in [-0.39, 0.29) is 17.9 Å². The molecular weight excluding hydrogens is 581 g/mol. The van der Waals surface area contributed by atoms with Gasteiger partial charge in [-0.1, -0.05) is 53.9 Å². The number of carbonyl (C=O) groups excluding carboxylic acids is 2. The number of aryl methyl sites for hydroxylation is 2. The van der Waals surface area contributed by atoms with E-state index in [1.54, 1.807) is 43.3 Å². The van der Waals surface area contributed by atoms with Gasteiger partial charge in [0, 0.05) is 34.2 Å². The highest BCUT2D eigenvalue weighted by Crippen LogP contribution is 2.29. The molecule has 0 spiro atoms. The largest absolute Gasteiger partial charge is 0.357 e. The van der Waals surface area contributed by atoms with Gasteiger partial charge in [-0.2, -0.15) is 0 Å². The average molecular weight is 611 g/mol. The number of carbonyl (C=O) groups is 2. The summed E-state index contributed by atoms with van der Waals surface area (Å²) in [5.74, 6) is -0.996. The lowest BCUT2D eigenvalue weighted by atomic mass is 10.1. The fourth-order valence-electron chi connectivity index (χ4n) is 4.08. The molecule has 0 aliphatic carbocycles. The van der Waals surface area contributed by atoms with Crippen LogP contribution in [0.1, 0.15) is 30.0 Å². The Bertz CT molecular complexity index is 1440. The first kappa shape index (κ1) is 30.8. The van der Waals surface area contributed by atoms with Crippen LogP contribution in [0.2, 0.25) is 15.1 Å². The zero-order valence-corrected chi connectivity index (χ0v) is 25.1. The van der Waals surface area contributed by atoms with Gasteiger partial charge >= 0.3 is 0 Å². The van der Waals surface area contributed by atoms with E-state index in [0.29, 0.717) is 26.3 Å². The van der Waals surface area contributed by atoms with Crippen molar-refractivity contribution in [1.82, 2.24) is 10.2 Å². The number of amides is 2. The molecule has 3 aromatic rings. The molecule has 0 fully saturated rings. The van der Waals surface area contributed by atoms with Crippen LogP contribution < -0.4 is 9.62 Å². The first-order valence-corrected chi connectivity index (χ1v) is 14.8. The number of likely N-dealkylation sites (N-methyl/N-ethyl adjacent to an activating group) is 1. The Kier molecular flexibility index (Phi) is 10.3. The molecule has 0 bridgehead atoms. The summed E-state index contributed by atoms with van der Waals surface area (Å²) >= 11 is 18.8. The van der Waals surface area contributed by atoms with Gasteiger partial charge in [0.05, 0.1) is 10.6 Å². The van der Waals surface area contributed by atoms with Crippen LogP contribution in [0.3, 0.4) is 0 Å². The molecule has 0 aromatic heterocycles. The maximum absolute atomic E-state index is 14.0. The monoisotopic (exact) mass is 609 g/mol. The molecule has 208 valence electrons. The van der Waals surface area contributed by atoms with E-state index in [1.807, 2.05) is 13.8 Å². The third-order valence-electron chi connectivity index (χ3n) is 6.48. The summed E-state index contributed by atoms with van der Waals surface area (Å²) in [4.78, 5) is 28.1. The molecule has 0 aliphatic heterocycles. The third kappa shape index (κ3) is 7.06. The lowest BCUT2D eigenvalue weighted by Crippen LogP contribution is -2.51. The first-order chi connectivity index (χ1) is 18.4. The minimum absolute atomic E-state index is 0.0306. The molecule has 0 saturated heterocycles. The van der Waals surface area contributed by atoms with Gasteiger partial charge in [0.1, 0.15) is 12.6 Å². The number of nitrogens with one attached hydrogen (secondary N) is 1. The van der Waals surface area contributed by atoms with Crippen LogP contribution in [-0.4, -0.2) is 44.8 Å². The average Bonchev–Trinajstić information content (AvgIpc) is 2.90. The minimum atomic E-state index is -4.20. The van der Waals surface area contributed by atoms with Gasteiger partial charge in [0.15, 0.2) is 0 Å². The molecule has 1 atom stereocenters. The Labute approximate surface area is 244 Å². The van der Waals surface area contributed by atoms with E-state index in [0.717, 1.165) is 15.4 Å². The highest BCUT2D eigenvalue weighted by atomic mass is 35.5. The van der Waals surface area contributed by atoms with E-state index in [1.165, 1.54) is 36.2 Å². The van der Waals surface area contributed by atoms with Gasteiger partial charge in [0.2, 0.25) is 11.8 Å². The molecular formula is C28H30Cl3N3O4S. The van der Waals surface area contributed by atoms with Gasteiger partial charge in [0.25, 0.3) is 10.0 Å². The second-order valence-corrected chi connectivity index (χ2v) is 12.1. The summed E-state index contributed by atoms with van der Waals surface area (Å²) in [6.45, 7) is 4.87. The van der Waals surface area contributed by atoms with Crippen molar-refractivity contribution in [3.63, 3.8) is 0 Å². The van der Waals surface area contributed by atoms with E-state index in [4.69, 9.17) is 34.8 Å². The maximum Gasteiger partial charge on any atom is 0.264 e. The van der Waals surface area contributed by atoms with Crippen molar-refractivity contribution in [3.05, 3.63) is 92.4 Å². The van der Waals surface area contributed by atoms with Crippen molar-refractivity contribution in [3.8, 4) is 0 Å². The fraction of sp³-hybridized carbons (Fsp3) is 0.286. The number of anilines is 1. The van der Waals surface area contributed by atoms with Crippen LogP contribution in [0.25, 0.3) is 0 Å². The van der Waals surface area contributed by atoms with Crippen LogP contribution in [0.4, 0.5) is 5.69 Å². The molecule has 1 N–H and O–H groups in total. The van der Waals surface area contributed by atoms with Crippen LogP contribution in [0.5, 0.6) is 0 Å². The predicted octanol–water partition coefficient (Wildman–Crippen LogP) is 6.01. The molecule has 0 saturated carbocycles. The lowest BCUT2D eigenvalue weighted by Gasteiger charge is -2.33. The summed E-state index contributed by atoms with van der Waals surface area (Å²) in [5, 5.41) is 3.61. The molecule has 2 amide bonds. The highest BCUT2D eigenvalue weighted by molar-refractivity contribution is 7.92. The highest BCUT2D eigenvalue weighted by Gasteiger charge is 2.34. The standard InChI is InChI=1S/C28H30Cl3N3O4S/c1-5-26(28(36)32-4)33(16-23-24(30)7-6-8-25(23)31)27(35)17-34(21-12-9-18(2)19(3)15-21)39(37,38)22-13-10-20(29)11-14-22/h6-15,26H,5,16-17H2,1-4H3,(H,32,36). The fourth-order valence-corrected chi connectivity index (χ4v) is 6.13. The molecule has 0 radical (unpaired) electrons. The van der Waals surface area contributed by atoms with Gasteiger partial charge in [-0.05, 0) is 79.9 Å². The molecule has 3 rings (SSSR count). The van der Waals surface area contributed by atoms with Crippen LogP contribution in [0, 0.1) is 13.8 Å². The third-order valence-corrected chi connectivity index (χ3v) is 9.23. The van der Waals surface area contributed by atoms with E-state index >= 15 is 0 Å². The van der Waals surface area contributed by atoms with Crippen LogP contribution in [-0.2, 0) is 26.2 Å². The van der Waals surface area contributed by atoms with Crippen molar-refractivity contribution < 1.29 is 18.0 Å². The lowest BCUT2D eigenvalue weighted by molar-refractivity contribution is -0.140. The number of nitrogens with zero attached hydrogens (tertiary/aromatic N) is 2. The van der Waals surface area contributed by atoms with Crippen molar-refractivity contribution >= 4 is 62.3 Å². The zero-order chi connectivity index (χ0) is 28.9. The van der Waals surface area contributed by atoms with Gasteiger partial charge in [-0.3, -0.25) is 13.9 Å². The van der Waals surface area contributed by atoms with Crippen LogP contribution >= 0.6 is 34.8 Å². The quantitative estimate of drug-likeness (QED) is 0.305. The number of halogens is 3. The minimum Gasteiger partial charge on any atom is -0.357 e. The van der Waals surface area contributed by atoms with Crippen molar-refractivity contribution in [2.24, 2.45) is 0 Å². The van der Waals surface area contributed by atoms with Crippen molar-refractivity contribution in [2.75, 3.05) is 17.9 Å². The molecule has 0 heterocycles. The number of benzene rings is 3. The molecule has 11 heteroatoms. The first-order valence-electron chi connectivity index (χ1n) is 12.2. The van der Waals surface area contributed by atoms with Crippen LogP contribution in [0.15, 0.2) is 65.6 Å². The molecule has 3 aromatic carbocycles. The van der Waals surface area contributed by atoms with Gasteiger partial charge < -0.3 is 10.2 Å². The smallest absolute Gasteiger partial charge is 0.264 e. The summed E-state index contributed by atoms with van der Waals surface area (Å²) < 4.78 is 28.8. The molecule has 39 heavy (non-hydrogen) atoms. The Hall–Kier alpha value is -2.78. The predicted molar refractivity (Wildman–Crippen MR) is 157 cm³/mol. The molecule has 7 nitrogen and oxygen atoms in total. The second-order valence-electron chi connectivity index (χ2n) is 8.99. The Morgan fingerprint density at radius 1 is 0.923 bits per heavy atom. The molecule has 1 unspecified atom stereocenters. The summed E-state index contributed by atoms with van der Waals surface area (Å²) in [7, 11) is -2.73. The summed E-state index contributed by atoms with van der Waals surface area (Å²) in [6, 6.07) is 14.9. The number of hydrogen-bond acceptors (Lipinski definition) is 4. The second kappa shape index (κ2) is 13.0. The van der Waals surface area contributed by atoms with E-state index in [2.05, 4.69) is 5.32 Å². The maximum atomic E-state index is 14.0. The number of hydrogen-bond donors (Lipinski definition) is 1. The summed E-state index contributed by atoms with van der Waals surface area (Å²) in [5.41, 5.74) is 2.59. The Morgan fingerprint density at radius 2 is 1.54 bits per heavy atom.